The van der Waals surface area contributed by atoms with E-state index >= 15 is 0 Å². The van der Waals surface area contributed by atoms with Crippen LogP contribution in [0.15, 0.2) is 36.4 Å². The van der Waals surface area contributed by atoms with Gasteiger partial charge in [0, 0.05) is 50.2 Å². The van der Waals surface area contributed by atoms with Gasteiger partial charge in [-0.1, -0.05) is 24.4 Å². The molecule has 7 heteroatoms. The third-order valence-electron chi connectivity index (χ3n) is 4.56. The molecule has 1 saturated heterocycles. The highest BCUT2D eigenvalue weighted by Gasteiger charge is 2.11. The van der Waals surface area contributed by atoms with Crippen LogP contribution in [-0.4, -0.2) is 42.6 Å². The number of nitrogens with zero attached hydrogens (tertiary/aromatic N) is 1. The van der Waals surface area contributed by atoms with Crippen LogP contribution in [0.4, 0.5) is 20.2 Å². The zero-order valence-corrected chi connectivity index (χ0v) is 16.1. The highest BCUT2D eigenvalue weighted by atomic mass is 32.1. The van der Waals surface area contributed by atoms with Crippen LogP contribution in [0.2, 0.25) is 0 Å². The number of hydrogen-bond donors (Lipinski definition) is 3. The summed E-state index contributed by atoms with van der Waals surface area (Å²) in [7, 11) is 0. The molecule has 3 N–H and O–H groups in total. The van der Waals surface area contributed by atoms with Crippen molar-refractivity contribution >= 4 is 28.6 Å². The molecule has 27 heavy (non-hydrogen) atoms. The van der Waals surface area contributed by atoms with E-state index in [9.17, 15) is 8.78 Å². The highest BCUT2D eigenvalue weighted by Crippen LogP contribution is 2.19. The molecule has 1 aliphatic heterocycles. The molecule has 0 unspecified atom stereocenters. The first kappa shape index (κ1) is 19.7. The number of hydrogen-bond acceptors (Lipinski definition) is 4. The molecule has 1 heterocycles. The second-order valence-electron chi connectivity index (χ2n) is 6.71. The molecule has 2 aromatic carbocycles. The number of rotatable bonds is 6. The zero-order chi connectivity index (χ0) is 19.2. The molecule has 1 fully saturated rings. The fraction of sp³-hybridized carbons (Fsp3) is 0.350. The quantitative estimate of drug-likeness (QED) is 0.659. The van der Waals surface area contributed by atoms with Crippen LogP contribution in [0.5, 0.6) is 0 Å². The monoisotopic (exact) mass is 390 g/mol. The van der Waals surface area contributed by atoms with Crippen molar-refractivity contribution < 1.29 is 8.78 Å². The molecule has 144 valence electrons. The summed E-state index contributed by atoms with van der Waals surface area (Å²) >= 11 is 5.40. The minimum Gasteiger partial charge on any atom is -0.378 e. The molecule has 2 aromatic rings. The summed E-state index contributed by atoms with van der Waals surface area (Å²) in [5.41, 5.74) is 3.80. The van der Waals surface area contributed by atoms with Crippen molar-refractivity contribution in [1.29, 1.82) is 0 Å². The molecule has 0 spiro atoms. The Morgan fingerprint density at radius 3 is 2.63 bits per heavy atom. The number of aryl methyl sites for hydroxylation is 1. The van der Waals surface area contributed by atoms with Crippen molar-refractivity contribution in [2.24, 2.45) is 0 Å². The van der Waals surface area contributed by atoms with Gasteiger partial charge in [0.15, 0.2) is 11.6 Å². The normalized spacial score (nSPS) is 14.8. The summed E-state index contributed by atoms with van der Waals surface area (Å²) in [6.07, 6.45) is 0. The first-order valence-corrected chi connectivity index (χ1v) is 9.43. The lowest BCUT2D eigenvalue weighted by Gasteiger charge is -2.27. The van der Waals surface area contributed by atoms with E-state index in [0.717, 1.165) is 56.1 Å². The predicted molar refractivity (Wildman–Crippen MR) is 110 cm³/mol. The number of halogens is 2. The van der Waals surface area contributed by atoms with Gasteiger partial charge in [-0.15, -0.1) is 0 Å². The van der Waals surface area contributed by atoms with Crippen LogP contribution in [0.3, 0.4) is 0 Å². The topological polar surface area (TPSA) is 39.3 Å². The molecule has 0 aromatic heterocycles. The molecule has 0 bridgehead atoms. The third-order valence-corrected chi connectivity index (χ3v) is 4.81. The van der Waals surface area contributed by atoms with Gasteiger partial charge in [0.25, 0.3) is 0 Å². The molecule has 0 radical (unpaired) electrons. The van der Waals surface area contributed by atoms with Crippen molar-refractivity contribution in [2.45, 2.75) is 13.5 Å². The average molecular weight is 391 g/mol. The first-order chi connectivity index (χ1) is 13.0. The number of nitrogens with one attached hydrogen (secondary N) is 3. The van der Waals surface area contributed by atoms with Crippen molar-refractivity contribution in [3.05, 3.63) is 59.2 Å². The number of thiocarbonyl (C=S) groups is 1. The predicted octanol–water partition coefficient (Wildman–Crippen LogP) is 3.53. The summed E-state index contributed by atoms with van der Waals surface area (Å²) in [5.74, 6) is -1.74. The Kier molecular flexibility index (Phi) is 6.71. The second-order valence-corrected chi connectivity index (χ2v) is 7.20. The fourth-order valence-electron chi connectivity index (χ4n) is 3.01. The summed E-state index contributed by atoms with van der Waals surface area (Å²) in [6.45, 7) is 7.43. The van der Waals surface area contributed by atoms with Crippen LogP contribution in [-0.2, 0) is 6.54 Å². The Balaban J connectivity index is 1.57. The molecular weight excluding hydrogens is 366 g/mol. The highest BCUT2D eigenvalue weighted by molar-refractivity contribution is 7.80. The van der Waals surface area contributed by atoms with Gasteiger partial charge in [-0.2, -0.15) is 0 Å². The Bertz CT molecular complexity index is 807. The fourth-order valence-corrected chi connectivity index (χ4v) is 3.19. The average Bonchev–Trinajstić information content (AvgIpc) is 2.66. The Hall–Kier alpha value is -2.09. The lowest BCUT2D eigenvalue weighted by molar-refractivity contribution is 0.233. The van der Waals surface area contributed by atoms with Gasteiger partial charge in [-0.05, 0) is 36.2 Å². The first-order valence-electron chi connectivity index (χ1n) is 9.02. The van der Waals surface area contributed by atoms with Gasteiger partial charge in [-0.25, -0.2) is 8.78 Å². The van der Waals surface area contributed by atoms with Crippen LogP contribution >= 0.6 is 12.2 Å². The van der Waals surface area contributed by atoms with Gasteiger partial charge >= 0.3 is 0 Å². The number of anilines is 2. The summed E-state index contributed by atoms with van der Waals surface area (Å²) in [6, 6.07) is 10.1. The van der Waals surface area contributed by atoms with Crippen LogP contribution < -0.4 is 16.0 Å². The Labute approximate surface area is 164 Å². The standard InChI is InChI=1S/C20H24F2N4S/c1-14-2-3-15(13-26-8-6-23-7-9-26)10-19(14)25-20(27)12-24-16-4-5-17(21)18(22)11-16/h2-5,10-11,23-24H,6-9,12-13H2,1H3,(H,25,27). The van der Waals surface area contributed by atoms with Gasteiger partial charge in [0.2, 0.25) is 0 Å². The SMILES string of the molecule is Cc1ccc(CN2CCNCC2)cc1NC(=S)CNc1ccc(F)c(F)c1. The van der Waals surface area contributed by atoms with Crippen molar-refractivity contribution in [1.82, 2.24) is 10.2 Å². The van der Waals surface area contributed by atoms with Gasteiger partial charge in [0.1, 0.15) is 0 Å². The van der Waals surface area contributed by atoms with E-state index in [4.69, 9.17) is 12.2 Å². The molecule has 4 nitrogen and oxygen atoms in total. The minimum absolute atomic E-state index is 0.335. The lowest BCUT2D eigenvalue weighted by atomic mass is 10.1. The van der Waals surface area contributed by atoms with E-state index in [1.165, 1.54) is 11.6 Å². The number of benzene rings is 2. The maximum atomic E-state index is 13.3. The Morgan fingerprint density at radius 2 is 1.89 bits per heavy atom. The maximum Gasteiger partial charge on any atom is 0.160 e. The van der Waals surface area contributed by atoms with E-state index in [0.29, 0.717) is 17.2 Å². The smallest absolute Gasteiger partial charge is 0.160 e. The minimum atomic E-state index is -0.879. The van der Waals surface area contributed by atoms with Crippen LogP contribution in [0.1, 0.15) is 11.1 Å². The summed E-state index contributed by atoms with van der Waals surface area (Å²) < 4.78 is 26.3. The maximum absolute atomic E-state index is 13.3. The van der Waals surface area contributed by atoms with Gasteiger partial charge < -0.3 is 16.0 Å². The largest absolute Gasteiger partial charge is 0.378 e. The molecule has 0 saturated carbocycles. The van der Waals surface area contributed by atoms with E-state index in [1.54, 1.807) is 0 Å². The van der Waals surface area contributed by atoms with E-state index < -0.39 is 11.6 Å². The molecule has 0 atom stereocenters. The van der Waals surface area contributed by atoms with E-state index in [-0.39, 0.29) is 0 Å². The zero-order valence-electron chi connectivity index (χ0n) is 15.3. The Morgan fingerprint density at radius 1 is 1.11 bits per heavy atom. The van der Waals surface area contributed by atoms with E-state index in [2.05, 4.69) is 39.0 Å². The summed E-state index contributed by atoms with van der Waals surface area (Å²) in [5, 5.41) is 9.62. The molecule has 1 aliphatic rings. The van der Waals surface area contributed by atoms with Crippen molar-refractivity contribution in [3.63, 3.8) is 0 Å². The summed E-state index contributed by atoms with van der Waals surface area (Å²) in [4.78, 5) is 3.01. The van der Waals surface area contributed by atoms with E-state index in [1.807, 2.05) is 6.92 Å². The van der Waals surface area contributed by atoms with Crippen LogP contribution in [0, 0.1) is 18.6 Å². The van der Waals surface area contributed by atoms with Gasteiger partial charge in [0.05, 0.1) is 11.5 Å². The number of piperazine rings is 1. The molecule has 0 aliphatic carbocycles. The van der Waals surface area contributed by atoms with Crippen LogP contribution in [0.25, 0.3) is 0 Å². The second kappa shape index (κ2) is 9.21. The lowest BCUT2D eigenvalue weighted by Crippen LogP contribution is -2.42. The third kappa shape index (κ3) is 5.69. The van der Waals surface area contributed by atoms with Gasteiger partial charge in [-0.3, -0.25) is 4.90 Å². The molecule has 0 amide bonds. The molecular formula is C20H24F2N4S. The van der Waals surface area contributed by atoms with Crippen molar-refractivity contribution in [3.8, 4) is 0 Å². The molecule has 3 rings (SSSR count). The van der Waals surface area contributed by atoms with Crippen molar-refractivity contribution in [2.75, 3.05) is 43.4 Å².